The van der Waals surface area contributed by atoms with E-state index in [1.54, 1.807) is 26.2 Å². The average Bonchev–Trinajstić information content (AvgIpc) is 3.39. The quantitative estimate of drug-likeness (QED) is 0.631. The van der Waals surface area contributed by atoms with Crippen molar-refractivity contribution in [3.63, 3.8) is 0 Å². The minimum Gasteiger partial charge on any atom is -0.444 e. The normalized spacial score (nSPS) is 20.0. The number of fused-ring (bicyclic) bond motifs is 1. The largest absolute Gasteiger partial charge is 0.444 e. The molecule has 2 amide bonds. The number of aliphatic imine (C=N–C) groups is 1. The zero-order chi connectivity index (χ0) is 25.7. The summed E-state index contributed by atoms with van der Waals surface area (Å²) in [5.74, 6) is -5.71. The summed E-state index contributed by atoms with van der Waals surface area (Å²) in [6.45, 7) is 6.19. The topological polar surface area (TPSA) is 101 Å². The molecule has 0 unspecified atom stereocenters. The molecule has 3 heterocycles. The van der Waals surface area contributed by atoms with Gasteiger partial charge in [-0.15, -0.1) is 11.3 Å². The summed E-state index contributed by atoms with van der Waals surface area (Å²) < 4.78 is 47.7. The van der Waals surface area contributed by atoms with E-state index in [0.29, 0.717) is 0 Å². The molecule has 1 aromatic heterocycles. The van der Waals surface area contributed by atoms with E-state index >= 15 is 0 Å². The van der Waals surface area contributed by atoms with Crippen molar-refractivity contribution in [2.45, 2.75) is 51.8 Å². The number of amidine groups is 1. The van der Waals surface area contributed by atoms with Gasteiger partial charge < -0.3 is 10.1 Å². The number of alkyl carbamates (subject to hydrolysis) is 1. The van der Waals surface area contributed by atoms with Crippen LogP contribution in [0, 0.1) is 17.5 Å². The Bertz CT molecular complexity index is 1280. The van der Waals surface area contributed by atoms with Crippen molar-refractivity contribution in [1.82, 2.24) is 15.2 Å². The summed E-state index contributed by atoms with van der Waals surface area (Å²) in [4.78, 5) is 48.1. The van der Waals surface area contributed by atoms with Gasteiger partial charge in [-0.25, -0.2) is 22.9 Å². The highest BCUT2D eigenvalue weighted by Crippen LogP contribution is 2.42. The number of Topliss-reactive ketones (excluding diaryl/α,β-unsaturated/α-hetero) is 1. The Kier molecular flexibility index (Phi) is 6.26. The molecule has 2 atom stereocenters. The molecule has 0 saturated carbocycles. The Labute approximate surface area is 202 Å². The van der Waals surface area contributed by atoms with Crippen molar-refractivity contribution in [2.24, 2.45) is 4.99 Å². The fourth-order valence-corrected chi connectivity index (χ4v) is 4.57. The molecule has 1 N–H and O–H groups in total. The van der Waals surface area contributed by atoms with Gasteiger partial charge in [-0.05, 0) is 33.8 Å². The van der Waals surface area contributed by atoms with Gasteiger partial charge in [0.2, 0.25) is 0 Å². The van der Waals surface area contributed by atoms with E-state index in [4.69, 9.17) is 4.74 Å². The van der Waals surface area contributed by atoms with Crippen LogP contribution >= 0.6 is 11.3 Å². The minimum atomic E-state index is -1.70. The van der Waals surface area contributed by atoms with Crippen molar-refractivity contribution in [2.75, 3.05) is 0 Å². The van der Waals surface area contributed by atoms with Gasteiger partial charge in [0.1, 0.15) is 17.7 Å². The van der Waals surface area contributed by atoms with Crippen LogP contribution in [0.2, 0.25) is 0 Å². The predicted molar refractivity (Wildman–Crippen MR) is 120 cm³/mol. The molecule has 2 aliphatic heterocycles. The number of benzene rings is 1. The van der Waals surface area contributed by atoms with Crippen LogP contribution in [0.1, 0.15) is 50.7 Å². The first-order chi connectivity index (χ1) is 16.4. The van der Waals surface area contributed by atoms with E-state index in [-0.39, 0.29) is 34.1 Å². The number of halogens is 3. The van der Waals surface area contributed by atoms with Gasteiger partial charge in [-0.3, -0.25) is 19.5 Å². The maximum atomic E-state index is 14.8. The Morgan fingerprint density at radius 2 is 1.91 bits per heavy atom. The predicted octanol–water partition coefficient (Wildman–Crippen LogP) is 4.03. The molecule has 2 aromatic rings. The highest BCUT2D eigenvalue weighted by atomic mass is 32.1. The molecule has 12 heteroatoms. The van der Waals surface area contributed by atoms with Gasteiger partial charge in [-0.2, -0.15) is 0 Å². The van der Waals surface area contributed by atoms with Crippen LogP contribution in [0.3, 0.4) is 0 Å². The summed E-state index contributed by atoms with van der Waals surface area (Å²) in [5.41, 5.74) is -1.09. The van der Waals surface area contributed by atoms with Crippen LogP contribution in [0.5, 0.6) is 0 Å². The molecule has 1 aromatic carbocycles. The number of aromatic nitrogens is 1. The summed E-state index contributed by atoms with van der Waals surface area (Å²) in [7, 11) is 0. The molecule has 184 valence electrons. The number of nitrogens with one attached hydrogen (secondary N) is 1. The summed E-state index contributed by atoms with van der Waals surface area (Å²) in [6.07, 6.45) is 0.506. The van der Waals surface area contributed by atoms with E-state index in [1.165, 1.54) is 13.1 Å². The van der Waals surface area contributed by atoms with Crippen LogP contribution in [-0.4, -0.2) is 45.1 Å². The molecule has 35 heavy (non-hydrogen) atoms. The van der Waals surface area contributed by atoms with Gasteiger partial charge in [0.25, 0.3) is 5.91 Å². The summed E-state index contributed by atoms with van der Waals surface area (Å²) in [6, 6.07) is -0.713. The standard InChI is InChI=1S/C23H21F3N4O4S/c1-10(31)15-14-9-13(28-22(33)34-23(2,3)4)21(32)30(14)19(20-27-7-8-35-20)29-18(15)11-5-6-12(24)17(26)16(11)25/h5-8,13,18H,9H2,1-4H3,(H,28,33)/t13-,18+/m0/s1. The Morgan fingerprint density at radius 3 is 2.51 bits per heavy atom. The number of carbonyl (C=O) groups is 3. The second-order valence-electron chi connectivity index (χ2n) is 8.95. The van der Waals surface area contributed by atoms with Crippen LogP contribution in [-0.2, 0) is 14.3 Å². The highest BCUT2D eigenvalue weighted by Gasteiger charge is 2.47. The van der Waals surface area contributed by atoms with Crippen molar-refractivity contribution in [1.29, 1.82) is 0 Å². The lowest BCUT2D eigenvalue weighted by molar-refractivity contribution is -0.125. The molecule has 4 rings (SSSR count). The zero-order valence-corrected chi connectivity index (χ0v) is 20.0. The molecule has 0 radical (unpaired) electrons. The lowest BCUT2D eigenvalue weighted by atomic mass is 9.91. The molecule has 1 fully saturated rings. The zero-order valence-electron chi connectivity index (χ0n) is 19.2. The maximum Gasteiger partial charge on any atom is 0.408 e. The first-order valence-electron chi connectivity index (χ1n) is 10.6. The van der Waals surface area contributed by atoms with Gasteiger partial charge >= 0.3 is 6.09 Å². The smallest absolute Gasteiger partial charge is 0.408 e. The maximum absolute atomic E-state index is 14.8. The first kappa shape index (κ1) is 24.6. The second-order valence-corrected chi connectivity index (χ2v) is 9.84. The second kappa shape index (κ2) is 8.91. The van der Waals surface area contributed by atoms with E-state index in [2.05, 4.69) is 15.3 Å². The molecule has 0 bridgehead atoms. The number of rotatable bonds is 4. The average molecular weight is 507 g/mol. The number of nitrogens with zero attached hydrogens (tertiary/aromatic N) is 3. The highest BCUT2D eigenvalue weighted by molar-refractivity contribution is 7.11. The third-order valence-corrected chi connectivity index (χ3v) is 6.06. The van der Waals surface area contributed by atoms with E-state index < -0.39 is 52.9 Å². The molecule has 0 aliphatic carbocycles. The SMILES string of the molecule is CC(=O)C1=C2C[C@H](NC(=O)OC(C)(C)C)C(=O)N2C(c2nccs2)=N[C@@H]1c1ccc(F)c(F)c1F. The van der Waals surface area contributed by atoms with E-state index in [9.17, 15) is 27.6 Å². The number of ketones is 1. The Morgan fingerprint density at radius 1 is 1.20 bits per heavy atom. The van der Waals surface area contributed by atoms with E-state index in [0.717, 1.165) is 28.4 Å². The van der Waals surface area contributed by atoms with Gasteiger partial charge in [-0.1, -0.05) is 6.07 Å². The van der Waals surface area contributed by atoms with Crippen molar-refractivity contribution in [3.05, 3.63) is 63.0 Å². The van der Waals surface area contributed by atoms with E-state index in [1.807, 2.05) is 0 Å². The first-order valence-corrected chi connectivity index (χ1v) is 11.5. The number of thiazole rings is 1. The Hall–Kier alpha value is -3.54. The third-order valence-electron chi connectivity index (χ3n) is 5.29. The van der Waals surface area contributed by atoms with Crippen LogP contribution < -0.4 is 5.32 Å². The molecular weight excluding hydrogens is 485 g/mol. The van der Waals surface area contributed by atoms with Crippen LogP contribution in [0.25, 0.3) is 0 Å². The number of hydrogen-bond donors (Lipinski definition) is 1. The molecule has 1 saturated heterocycles. The van der Waals surface area contributed by atoms with Gasteiger partial charge in [0.05, 0.1) is 0 Å². The number of amides is 2. The van der Waals surface area contributed by atoms with Gasteiger partial charge in [0, 0.05) is 34.8 Å². The summed E-state index contributed by atoms with van der Waals surface area (Å²) in [5, 5.41) is 4.41. The fourth-order valence-electron chi connectivity index (χ4n) is 3.95. The van der Waals surface area contributed by atoms with Crippen molar-refractivity contribution < 1.29 is 32.3 Å². The van der Waals surface area contributed by atoms with Crippen LogP contribution in [0.15, 0.2) is 40.0 Å². The lowest BCUT2D eigenvalue weighted by Crippen LogP contribution is -2.45. The monoisotopic (exact) mass is 506 g/mol. The number of carbonyl (C=O) groups excluding carboxylic acids is 3. The van der Waals surface area contributed by atoms with Crippen molar-refractivity contribution in [3.8, 4) is 0 Å². The summed E-state index contributed by atoms with van der Waals surface area (Å²) >= 11 is 1.14. The number of hydrogen-bond acceptors (Lipinski definition) is 7. The van der Waals surface area contributed by atoms with Crippen molar-refractivity contribution >= 4 is 35.0 Å². The lowest BCUT2D eigenvalue weighted by Gasteiger charge is -2.30. The Balaban J connectivity index is 1.84. The number of ether oxygens (including phenoxy) is 1. The fraction of sp³-hybridized carbons (Fsp3) is 0.348. The molecule has 2 aliphatic rings. The molecule has 8 nitrogen and oxygen atoms in total. The van der Waals surface area contributed by atoms with Crippen LogP contribution in [0.4, 0.5) is 18.0 Å². The third kappa shape index (κ3) is 4.57. The molecule has 0 spiro atoms. The van der Waals surface area contributed by atoms with Gasteiger partial charge in [0.15, 0.2) is 34.1 Å². The molecular formula is C23H21F3N4O4S. The minimum absolute atomic E-state index is 0.00706.